The van der Waals surface area contributed by atoms with Gasteiger partial charge in [0.1, 0.15) is 6.10 Å². The lowest BCUT2D eigenvalue weighted by atomic mass is 10.2. The van der Waals surface area contributed by atoms with Gasteiger partial charge in [0.15, 0.2) is 0 Å². The highest BCUT2D eigenvalue weighted by atomic mass is 16.6. The van der Waals surface area contributed by atoms with E-state index in [-0.39, 0.29) is 18.2 Å². The third-order valence-electron chi connectivity index (χ3n) is 2.67. The summed E-state index contributed by atoms with van der Waals surface area (Å²) in [5.41, 5.74) is 0. The summed E-state index contributed by atoms with van der Waals surface area (Å²) in [7, 11) is 0. The Bertz CT molecular complexity index is 218. The zero-order chi connectivity index (χ0) is 14.5. The lowest BCUT2D eigenvalue weighted by Crippen LogP contribution is -2.24. The Kier molecular flexibility index (Phi) is 12.0. The largest absolute Gasteiger partial charge is 0.460 e. The molecule has 0 radical (unpaired) electrons. The van der Waals surface area contributed by atoms with Gasteiger partial charge >= 0.3 is 5.97 Å². The number of hydrogen-bond donors (Lipinski definition) is 0. The van der Waals surface area contributed by atoms with E-state index >= 15 is 0 Å². The zero-order valence-electron chi connectivity index (χ0n) is 12.9. The molecule has 0 fully saturated rings. The lowest BCUT2D eigenvalue weighted by Gasteiger charge is -2.16. The summed E-state index contributed by atoms with van der Waals surface area (Å²) in [6.45, 7) is 9.79. The third-order valence-corrected chi connectivity index (χ3v) is 2.67. The van der Waals surface area contributed by atoms with Crippen LogP contribution < -0.4 is 0 Å². The van der Waals surface area contributed by atoms with E-state index in [9.17, 15) is 4.79 Å². The molecule has 2 unspecified atom stereocenters. The Labute approximate surface area is 117 Å². The number of esters is 1. The first kappa shape index (κ1) is 18.4. The van der Waals surface area contributed by atoms with Gasteiger partial charge in [0.05, 0.1) is 19.3 Å². The van der Waals surface area contributed by atoms with Crippen molar-refractivity contribution < 1.29 is 19.0 Å². The van der Waals surface area contributed by atoms with Crippen molar-refractivity contribution in [1.29, 1.82) is 0 Å². The molecule has 0 aliphatic heterocycles. The Morgan fingerprint density at radius 2 is 1.63 bits per heavy atom. The van der Waals surface area contributed by atoms with Crippen LogP contribution in [-0.2, 0) is 19.0 Å². The van der Waals surface area contributed by atoms with Crippen molar-refractivity contribution >= 4 is 5.97 Å². The molecule has 0 aliphatic rings. The van der Waals surface area contributed by atoms with E-state index in [1.165, 1.54) is 0 Å². The summed E-state index contributed by atoms with van der Waals surface area (Å²) in [6.07, 6.45) is 4.51. The standard InChI is InChI=1S/C15H30O4/c1-5-7-9-15(16)19-14(4)12-17-11-13(3)18-10-8-6-2/h13-14H,5-12H2,1-4H3. The van der Waals surface area contributed by atoms with E-state index in [1.54, 1.807) is 0 Å². The minimum Gasteiger partial charge on any atom is -0.460 e. The van der Waals surface area contributed by atoms with Gasteiger partial charge in [-0.05, 0) is 26.7 Å². The number of unbranched alkanes of at least 4 members (excludes halogenated alkanes) is 2. The minimum absolute atomic E-state index is 0.0922. The molecule has 0 saturated carbocycles. The highest BCUT2D eigenvalue weighted by Gasteiger charge is 2.10. The second kappa shape index (κ2) is 12.4. The molecule has 2 atom stereocenters. The molecule has 4 heteroatoms. The molecule has 0 N–H and O–H groups in total. The maximum Gasteiger partial charge on any atom is 0.306 e. The molecule has 0 aliphatic carbocycles. The van der Waals surface area contributed by atoms with Crippen LogP contribution in [0.3, 0.4) is 0 Å². The van der Waals surface area contributed by atoms with Crippen molar-refractivity contribution in [2.75, 3.05) is 19.8 Å². The molecule has 0 amide bonds. The number of carbonyl (C=O) groups excluding carboxylic acids is 1. The molecule has 114 valence electrons. The van der Waals surface area contributed by atoms with Crippen molar-refractivity contribution in [3.05, 3.63) is 0 Å². The molecule has 0 aromatic carbocycles. The molecule has 0 rings (SSSR count). The van der Waals surface area contributed by atoms with Crippen LogP contribution in [0.15, 0.2) is 0 Å². The van der Waals surface area contributed by atoms with Crippen LogP contribution in [0.25, 0.3) is 0 Å². The monoisotopic (exact) mass is 274 g/mol. The SMILES string of the molecule is CCCCOC(C)COCC(C)OC(=O)CCCC. The lowest BCUT2D eigenvalue weighted by molar-refractivity contribution is -0.151. The quantitative estimate of drug-likeness (QED) is 0.404. The van der Waals surface area contributed by atoms with Crippen molar-refractivity contribution in [2.24, 2.45) is 0 Å². The average molecular weight is 274 g/mol. The molecule has 0 aromatic heterocycles. The van der Waals surface area contributed by atoms with Crippen LogP contribution in [0.2, 0.25) is 0 Å². The molecular weight excluding hydrogens is 244 g/mol. The number of hydrogen-bond acceptors (Lipinski definition) is 4. The fourth-order valence-electron chi connectivity index (χ4n) is 1.52. The predicted molar refractivity (Wildman–Crippen MR) is 76.2 cm³/mol. The van der Waals surface area contributed by atoms with Gasteiger partial charge in [-0.3, -0.25) is 4.79 Å². The number of rotatable bonds is 12. The van der Waals surface area contributed by atoms with Gasteiger partial charge in [0.25, 0.3) is 0 Å². The summed E-state index contributed by atoms with van der Waals surface area (Å²) < 4.78 is 16.3. The van der Waals surface area contributed by atoms with Crippen LogP contribution >= 0.6 is 0 Å². The van der Waals surface area contributed by atoms with Crippen LogP contribution in [0.5, 0.6) is 0 Å². The smallest absolute Gasteiger partial charge is 0.306 e. The van der Waals surface area contributed by atoms with Crippen molar-refractivity contribution in [3.63, 3.8) is 0 Å². The van der Waals surface area contributed by atoms with E-state index in [4.69, 9.17) is 14.2 Å². The fourth-order valence-corrected chi connectivity index (χ4v) is 1.52. The van der Waals surface area contributed by atoms with Gasteiger partial charge < -0.3 is 14.2 Å². The van der Waals surface area contributed by atoms with E-state index in [0.29, 0.717) is 19.6 Å². The normalized spacial score (nSPS) is 14.1. The first-order valence-corrected chi connectivity index (χ1v) is 7.48. The van der Waals surface area contributed by atoms with Crippen LogP contribution in [-0.4, -0.2) is 38.0 Å². The Morgan fingerprint density at radius 1 is 1.00 bits per heavy atom. The summed E-state index contributed by atoms with van der Waals surface area (Å²) in [5.74, 6) is -0.134. The van der Waals surface area contributed by atoms with E-state index in [2.05, 4.69) is 13.8 Å². The first-order valence-electron chi connectivity index (χ1n) is 7.48. The number of ether oxygens (including phenoxy) is 3. The van der Waals surface area contributed by atoms with Crippen molar-refractivity contribution in [1.82, 2.24) is 0 Å². The predicted octanol–water partition coefficient (Wildman–Crippen LogP) is 3.33. The Hall–Kier alpha value is -0.610. The molecule has 0 saturated heterocycles. The van der Waals surface area contributed by atoms with Gasteiger partial charge in [0, 0.05) is 13.0 Å². The van der Waals surface area contributed by atoms with Gasteiger partial charge in [-0.25, -0.2) is 0 Å². The van der Waals surface area contributed by atoms with Crippen LogP contribution in [0.4, 0.5) is 0 Å². The van der Waals surface area contributed by atoms with Crippen molar-refractivity contribution in [2.45, 2.75) is 72.0 Å². The summed E-state index contributed by atoms with van der Waals surface area (Å²) >= 11 is 0. The van der Waals surface area contributed by atoms with Gasteiger partial charge in [-0.15, -0.1) is 0 Å². The highest BCUT2D eigenvalue weighted by molar-refractivity contribution is 5.69. The van der Waals surface area contributed by atoms with Gasteiger partial charge in [0.2, 0.25) is 0 Å². The fraction of sp³-hybridized carbons (Fsp3) is 0.933. The maximum atomic E-state index is 11.4. The van der Waals surface area contributed by atoms with E-state index < -0.39 is 0 Å². The highest BCUT2D eigenvalue weighted by Crippen LogP contribution is 2.02. The van der Waals surface area contributed by atoms with Gasteiger partial charge in [-0.1, -0.05) is 26.7 Å². The first-order chi connectivity index (χ1) is 9.10. The third kappa shape index (κ3) is 12.2. The molecular formula is C15H30O4. The molecule has 19 heavy (non-hydrogen) atoms. The van der Waals surface area contributed by atoms with Crippen LogP contribution in [0, 0.1) is 0 Å². The second-order valence-electron chi connectivity index (χ2n) is 4.98. The second-order valence-corrected chi connectivity index (χ2v) is 4.98. The molecule has 0 heterocycles. The maximum absolute atomic E-state index is 11.4. The Morgan fingerprint density at radius 3 is 2.26 bits per heavy atom. The Balaban J connectivity index is 3.51. The summed E-state index contributed by atoms with van der Waals surface area (Å²) in [5, 5.41) is 0. The van der Waals surface area contributed by atoms with Crippen LogP contribution in [0.1, 0.15) is 59.8 Å². The average Bonchev–Trinajstić information content (AvgIpc) is 2.36. The minimum atomic E-state index is -0.188. The van der Waals surface area contributed by atoms with E-state index in [0.717, 1.165) is 32.3 Å². The van der Waals surface area contributed by atoms with Gasteiger partial charge in [-0.2, -0.15) is 0 Å². The number of carbonyl (C=O) groups is 1. The molecule has 0 spiro atoms. The van der Waals surface area contributed by atoms with Crippen molar-refractivity contribution in [3.8, 4) is 0 Å². The topological polar surface area (TPSA) is 44.8 Å². The summed E-state index contributed by atoms with van der Waals surface area (Å²) in [6, 6.07) is 0. The zero-order valence-corrected chi connectivity index (χ0v) is 12.9. The molecule has 0 aromatic rings. The summed E-state index contributed by atoms with van der Waals surface area (Å²) in [4.78, 5) is 11.4. The molecule has 0 bridgehead atoms. The van der Waals surface area contributed by atoms with E-state index in [1.807, 2.05) is 13.8 Å². The molecule has 4 nitrogen and oxygen atoms in total.